The summed E-state index contributed by atoms with van der Waals surface area (Å²) in [5.41, 5.74) is 2.19. The van der Waals surface area contributed by atoms with Crippen molar-refractivity contribution in [3.8, 4) is 0 Å². The van der Waals surface area contributed by atoms with Crippen LogP contribution >= 0.6 is 0 Å². The zero-order chi connectivity index (χ0) is 8.39. The molecule has 1 heterocycles. The lowest BCUT2D eigenvalue weighted by Crippen LogP contribution is -2.22. The Morgan fingerprint density at radius 3 is 3.08 bits per heavy atom. The van der Waals surface area contributed by atoms with Crippen LogP contribution in [0.15, 0.2) is 29.3 Å². The SMILES string of the molecule is CCC1C=Nc2ccccc2N1. The molecule has 2 heteroatoms. The summed E-state index contributed by atoms with van der Waals surface area (Å²) in [5.74, 6) is 0. The topological polar surface area (TPSA) is 24.4 Å². The van der Waals surface area contributed by atoms with E-state index < -0.39 is 0 Å². The van der Waals surface area contributed by atoms with Crippen molar-refractivity contribution in [3.63, 3.8) is 0 Å². The number of aliphatic imine (C=N–C) groups is 1. The lowest BCUT2D eigenvalue weighted by Gasteiger charge is -2.19. The van der Waals surface area contributed by atoms with Crippen LogP contribution < -0.4 is 5.32 Å². The summed E-state index contributed by atoms with van der Waals surface area (Å²) in [6, 6.07) is 8.52. The maximum Gasteiger partial charge on any atom is 0.0858 e. The Kier molecular flexibility index (Phi) is 1.82. The Balaban J connectivity index is 2.33. The number of rotatable bonds is 1. The van der Waals surface area contributed by atoms with Gasteiger partial charge in [0.1, 0.15) is 0 Å². The van der Waals surface area contributed by atoms with Gasteiger partial charge in [0.05, 0.1) is 17.4 Å². The van der Waals surface area contributed by atoms with E-state index in [1.54, 1.807) is 0 Å². The summed E-state index contributed by atoms with van der Waals surface area (Å²) >= 11 is 0. The van der Waals surface area contributed by atoms with Crippen molar-refractivity contribution < 1.29 is 0 Å². The van der Waals surface area contributed by atoms with Crippen LogP contribution in [0.2, 0.25) is 0 Å². The van der Waals surface area contributed by atoms with E-state index in [0.29, 0.717) is 6.04 Å². The first-order chi connectivity index (χ1) is 5.90. The fraction of sp³-hybridized carbons (Fsp3) is 0.300. The van der Waals surface area contributed by atoms with Gasteiger partial charge in [0, 0.05) is 6.21 Å². The van der Waals surface area contributed by atoms with Crippen LogP contribution in [-0.4, -0.2) is 12.3 Å². The number of para-hydroxylation sites is 2. The number of nitrogens with one attached hydrogen (secondary N) is 1. The maximum absolute atomic E-state index is 4.36. The van der Waals surface area contributed by atoms with E-state index in [4.69, 9.17) is 0 Å². The molecule has 0 radical (unpaired) electrons. The van der Waals surface area contributed by atoms with Crippen LogP contribution in [0.5, 0.6) is 0 Å². The first-order valence-electron chi connectivity index (χ1n) is 4.30. The van der Waals surface area contributed by atoms with Gasteiger partial charge in [-0.1, -0.05) is 19.1 Å². The molecule has 1 aromatic rings. The Bertz CT molecular complexity index is 304. The Morgan fingerprint density at radius 2 is 2.25 bits per heavy atom. The molecule has 1 aliphatic rings. The van der Waals surface area contributed by atoms with Crippen molar-refractivity contribution in [1.29, 1.82) is 0 Å². The second-order valence-electron chi connectivity index (χ2n) is 2.95. The molecule has 1 aliphatic heterocycles. The fourth-order valence-corrected chi connectivity index (χ4v) is 1.32. The Hall–Kier alpha value is -1.31. The maximum atomic E-state index is 4.36. The number of benzene rings is 1. The second kappa shape index (κ2) is 2.97. The van der Waals surface area contributed by atoms with Gasteiger partial charge < -0.3 is 5.32 Å². The standard InChI is InChI=1S/C10H12N2/c1-2-8-7-11-9-5-3-4-6-10(9)12-8/h3-8,12H,2H2,1H3. The molecule has 0 saturated heterocycles. The largest absolute Gasteiger partial charge is 0.376 e. The summed E-state index contributed by atoms with van der Waals surface area (Å²) in [4.78, 5) is 4.36. The summed E-state index contributed by atoms with van der Waals surface area (Å²) in [5, 5.41) is 3.40. The highest BCUT2D eigenvalue weighted by Crippen LogP contribution is 2.27. The molecule has 0 saturated carbocycles. The van der Waals surface area contributed by atoms with Crippen LogP contribution in [0, 0.1) is 0 Å². The molecular weight excluding hydrogens is 148 g/mol. The number of fused-ring (bicyclic) bond motifs is 1. The first kappa shape index (κ1) is 7.35. The van der Waals surface area contributed by atoms with Gasteiger partial charge in [0.15, 0.2) is 0 Å². The molecule has 12 heavy (non-hydrogen) atoms. The lowest BCUT2D eigenvalue weighted by atomic mass is 10.1. The van der Waals surface area contributed by atoms with Crippen molar-refractivity contribution in [2.24, 2.45) is 4.99 Å². The van der Waals surface area contributed by atoms with Crippen LogP contribution in [0.4, 0.5) is 11.4 Å². The van der Waals surface area contributed by atoms with E-state index in [-0.39, 0.29) is 0 Å². The zero-order valence-electron chi connectivity index (χ0n) is 7.12. The third-order valence-electron chi connectivity index (χ3n) is 2.08. The normalized spacial score (nSPS) is 19.9. The van der Waals surface area contributed by atoms with Gasteiger partial charge >= 0.3 is 0 Å². The zero-order valence-corrected chi connectivity index (χ0v) is 7.12. The van der Waals surface area contributed by atoms with Crippen molar-refractivity contribution in [3.05, 3.63) is 24.3 Å². The molecule has 2 rings (SSSR count). The monoisotopic (exact) mass is 160 g/mol. The summed E-state index contributed by atoms with van der Waals surface area (Å²) in [6.07, 6.45) is 3.06. The molecule has 1 unspecified atom stereocenters. The molecule has 1 atom stereocenters. The van der Waals surface area contributed by atoms with E-state index in [1.165, 1.54) is 0 Å². The molecule has 1 N–H and O–H groups in total. The van der Waals surface area contributed by atoms with Gasteiger partial charge in [0.2, 0.25) is 0 Å². The Morgan fingerprint density at radius 1 is 1.42 bits per heavy atom. The van der Waals surface area contributed by atoms with Crippen LogP contribution in [-0.2, 0) is 0 Å². The molecule has 62 valence electrons. The first-order valence-corrected chi connectivity index (χ1v) is 4.30. The molecule has 0 spiro atoms. The molecule has 0 aromatic heterocycles. The van der Waals surface area contributed by atoms with E-state index >= 15 is 0 Å². The molecule has 2 nitrogen and oxygen atoms in total. The third kappa shape index (κ3) is 1.20. The molecule has 0 amide bonds. The molecule has 0 bridgehead atoms. The molecule has 0 aliphatic carbocycles. The van der Waals surface area contributed by atoms with Gasteiger partial charge in [-0.2, -0.15) is 0 Å². The number of nitrogens with zero attached hydrogens (tertiary/aromatic N) is 1. The van der Waals surface area contributed by atoms with Crippen LogP contribution in [0.25, 0.3) is 0 Å². The molecule has 1 aromatic carbocycles. The lowest BCUT2D eigenvalue weighted by molar-refractivity contribution is 0.877. The minimum atomic E-state index is 0.403. The van der Waals surface area contributed by atoms with Gasteiger partial charge in [-0.3, -0.25) is 4.99 Å². The smallest absolute Gasteiger partial charge is 0.0858 e. The number of hydrogen-bond acceptors (Lipinski definition) is 2. The molecular formula is C10H12N2. The highest BCUT2D eigenvalue weighted by Gasteiger charge is 2.09. The highest BCUT2D eigenvalue weighted by atomic mass is 15.0. The summed E-state index contributed by atoms with van der Waals surface area (Å²) in [6.45, 7) is 2.15. The third-order valence-corrected chi connectivity index (χ3v) is 2.08. The van der Waals surface area contributed by atoms with Crippen molar-refractivity contribution >= 4 is 17.6 Å². The highest BCUT2D eigenvalue weighted by molar-refractivity contribution is 5.82. The van der Waals surface area contributed by atoms with Crippen molar-refractivity contribution in [1.82, 2.24) is 0 Å². The van der Waals surface area contributed by atoms with E-state index in [0.717, 1.165) is 17.8 Å². The van der Waals surface area contributed by atoms with Crippen LogP contribution in [0.3, 0.4) is 0 Å². The van der Waals surface area contributed by atoms with E-state index in [1.807, 2.05) is 24.4 Å². The van der Waals surface area contributed by atoms with Gasteiger partial charge in [-0.15, -0.1) is 0 Å². The number of anilines is 1. The van der Waals surface area contributed by atoms with Gasteiger partial charge in [-0.25, -0.2) is 0 Å². The van der Waals surface area contributed by atoms with E-state index in [9.17, 15) is 0 Å². The van der Waals surface area contributed by atoms with Gasteiger partial charge in [-0.05, 0) is 18.6 Å². The second-order valence-corrected chi connectivity index (χ2v) is 2.95. The average Bonchev–Trinajstić information content (AvgIpc) is 2.17. The minimum absolute atomic E-state index is 0.403. The minimum Gasteiger partial charge on any atom is -0.376 e. The van der Waals surface area contributed by atoms with Crippen LogP contribution in [0.1, 0.15) is 13.3 Å². The fourth-order valence-electron chi connectivity index (χ4n) is 1.32. The predicted molar refractivity (Wildman–Crippen MR) is 52.3 cm³/mol. The predicted octanol–water partition coefficient (Wildman–Crippen LogP) is 2.59. The van der Waals surface area contributed by atoms with Crippen molar-refractivity contribution in [2.75, 3.05) is 5.32 Å². The Labute approximate surface area is 72.3 Å². The summed E-state index contributed by atoms with van der Waals surface area (Å²) in [7, 11) is 0. The quantitative estimate of drug-likeness (QED) is 0.671. The van der Waals surface area contributed by atoms with Gasteiger partial charge in [0.25, 0.3) is 0 Å². The molecule has 0 fully saturated rings. The summed E-state index contributed by atoms with van der Waals surface area (Å²) < 4.78 is 0. The van der Waals surface area contributed by atoms with E-state index in [2.05, 4.69) is 23.3 Å². The van der Waals surface area contributed by atoms with Crippen molar-refractivity contribution in [2.45, 2.75) is 19.4 Å². The average molecular weight is 160 g/mol. The number of hydrogen-bond donors (Lipinski definition) is 1.